The lowest BCUT2D eigenvalue weighted by atomic mass is 9.96. The van der Waals surface area contributed by atoms with Crippen molar-refractivity contribution in [1.29, 1.82) is 0 Å². The number of hydrogen-bond donors (Lipinski definition) is 1. The van der Waals surface area contributed by atoms with Crippen molar-refractivity contribution in [3.8, 4) is 5.88 Å². The van der Waals surface area contributed by atoms with Crippen LogP contribution in [-0.4, -0.2) is 17.1 Å². The second kappa shape index (κ2) is 5.07. The monoisotopic (exact) mass is 212 g/mol. The van der Waals surface area contributed by atoms with Gasteiger partial charge in [0.2, 0.25) is 5.88 Å². The molecule has 1 heterocycles. The number of nitrogens with zero attached hydrogens (tertiary/aromatic N) is 1. The molecule has 0 saturated heterocycles. The molecule has 3 nitrogen and oxygen atoms in total. The molecule has 0 atom stereocenters. The maximum Gasteiger partial charge on any atom is 0.250 e. The normalized spacial score (nSPS) is 11.5. The maximum atomic E-state index is 13.1. The molecule has 0 fully saturated rings. The minimum Gasteiger partial charge on any atom is -0.474 e. The fourth-order valence-corrected chi connectivity index (χ4v) is 1.14. The van der Waals surface area contributed by atoms with Gasteiger partial charge >= 0.3 is 0 Å². The van der Waals surface area contributed by atoms with Crippen LogP contribution in [0.1, 0.15) is 26.7 Å². The van der Waals surface area contributed by atoms with E-state index in [-0.39, 0.29) is 12.5 Å². The quantitative estimate of drug-likeness (QED) is 0.813. The first-order valence-electron chi connectivity index (χ1n) is 5.13. The van der Waals surface area contributed by atoms with Gasteiger partial charge < -0.3 is 10.5 Å². The Bertz CT molecular complexity index is 313. The van der Waals surface area contributed by atoms with Crippen molar-refractivity contribution in [2.45, 2.75) is 32.2 Å². The molecule has 1 aromatic heterocycles. The number of pyridine rings is 1. The maximum absolute atomic E-state index is 13.1. The van der Waals surface area contributed by atoms with E-state index in [0.29, 0.717) is 0 Å². The Morgan fingerprint density at radius 3 is 2.67 bits per heavy atom. The molecular formula is C11H17FN2O. The van der Waals surface area contributed by atoms with Crippen LogP contribution in [0.25, 0.3) is 0 Å². The Labute approximate surface area is 89.5 Å². The number of aromatic nitrogens is 1. The lowest BCUT2D eigenvalue weighted by Crippen LogP contribution is -2.44. The third kappa shape index (κ3) is 3.16. The van der Waals surface area contributed by atoms with Crippen LogP contribution in [0.3, 0.4) is 0 Å². The molecule has 4 heteroatoms. The average molecular weight is 212 g/mol. The summed E-state index contributed by atoms with van der Waals surface area (Å²) < 4.78 is 18.4. The molecule has 0 saturated carbocycles. The summed E-state index contributed by atoms with van der Waals surface area (Å²) in [5, 5.41) is 0. The van der Waals surface area contributed by atoms with Gasteiger partial charge in [-0.25, -0.2) is 9.37 Å². The van der Waals surface area contributed by atoms with Gasteiger partial charge in [-0.05, 0) is 25.0 Å². The summed E-state index contributed by atoms with van der Waals surface area (Å²) in [5.41, 5.74) is 5.62. The summed E-state index contributed by atoms with van der Waals surface area (Å²) in [6.45, 7) is 4.26. The van der Waals surface area contributed by atoms with Gasteiger partial charge in [-0.1, -0.05) is 13.8 Å². The minimum absolute atomic E-state index is 0.0224. The van der Waals surface area contributed by atoms with Gasteiger partial charge in [-0.3, -0.25) is 0 Å². The third-order valence-electron chi connectivity index (χ3n) is 2.63. The molecule has 2 N–H and O–H groups in total. The third-order valence-corrected chi connectivity index (χ3v) is 2.63. The van der Waals surface area contributed by atoms with E-state index in [9.17, 15) is 4.39 Å². The zero-order valence-corrected chi connectivity index (χ0v) is 9.16. The van der Waals surface area contributed by atoms with Crippen LogP contribution in [0.2, 0.25) is 0 Å². The smallest absolute Gasteiger partial charge is 0.250 e. The van der Waals surface area contributed by atoms with Gasteiger partial charge in [0.25, 0.3) is 0 Å². The van der Waals surface area contributed by atoms with E-state index in [1.165, 1.54) is 18.3 Å². The van der Waals surface area contributed by atoms with E-state index in [2.05, 4.69) is 4.98 Å². The largest absolute Gasteiger partial charge is 0.474 e. The molecular weight excluding hydrogens is 195 g/mol. The van der Waals surface area contributed by atoms with Crippen LogP contribution in [0.15, 0.2) is 18.3 Å². The summed E-state index contributed by atoms with van der Waals surface area (Å²) in [6, 6.07) is 2.84. The summed E-state index contributed by atoms with van der Waals surface area (Å²) in [4.78, 5) is 3.80. The Kier molecular flexibility index (Phi) is 4.03. The molecule has 0 aliphatic rings. The number of nitrogens with two attached hydrogens (primary N) is 1. The fraction of sp³-hybridized carbons (Fsp3) is 0.545. The Balaban J connectivity index is 2.61. The van der Waals surface area contributed by atoms with E-state index < -0.39 is 11.4 Å². The number of rotatable bonds is 5. The Morgan fingerprint density at radius 1 is 1.47 bits per heavy atom. The first-order chi connectivity index (χ1) is 7.11. The molecule has 0 aliphatic heterocycles. The molecule has 0 aromatic carbocycles. The molecule has 84 valence electrons. The summed E-state index contributed by atoms with van der Waals surface area (Å²) in [5.74, 6) is -0.429. The molecule has 0 amide bonds. The summed E-state index contributed by atoms with van der Waals surface area (Å²) in [7, 11) is 0. The molecule has 1 aromatic rings. The zero-order chi connectivity index (χ0) is 11.3. The summed E-state index contributed by atoms with van der Waals surface area (Å²) in [6.07, 6.45) is 3.07. The topological polar surface area (TPSA) is 48.1 Å². The number of hydrogen-bond acceptors (Lipinski definition) is 3. The van der Waals surface area contributed by atoms with Gasteiger partial charge in [0.05, 0.1) is 0 Å². The molecule has 0 aliphatic carbocycles. The van der Waals surface area contributed by atoms with Crippen LogP contribution in [0.4, 0.5) is 4.39 Å². The minimum atomic E-state index is -0.452. The Hall–Kier alpha value is -1.16. The van der Waals surface area contributed by atoms with E-state index >= 15 is 0 Å². The standard InChI is InChI=1S/C11H17FN2O/c1-3-11(13,4-2)8-15-10-9(12)6-5-7-14-10/h5-7H,3-4,8,13H2,1-2H3. The highest BCUT2D eigenvalue weighted by atomic mass is 19.1. The van der Waals surface area contributed by atoms with E-state index in [1.54, 1.807) is 0 Å². The fourth-order valence-electron chi connectivity index (χ4n) is 1.14. The van der Waals surface area contributed by atoms with Crippen molar-refractivity contribution in [2.75, 3.05) is 6.61 Å². The Morgan fingerprint density at radius 2 is 2.13 bits per heavy atom. The molecule has 0 radical (unpaired) electrons. The average Bonchev–Trinajstić information content (AvgIpc) is 2.28. The molecule has 0 bridgehead atoms. The second-order valence-electron chi connectivity index (χ2n) is 3.65. The highest BCUT2D eigenvalue weighted by Crippen LogP contribution is 2.16. The van der Waals surface area contributed by atoms with Crippen molar-refractivity contribution in [1.82, 2.24) is 4.98 Å². The number of ether oxygens (including phenoxy) is 1. The van der Waals surface area contributed by atoms with Crippen molar-refractivity contribution in [3.63, 3.8) is 0 Å². The zero-order valence-electron chi connectivity index (χ0n) is 9.16. The molecule has 0 spiro atoms. The van der Waals surface area contributed by atoms with Gasteiger partial charge in [0.15, 0.2) is 5.82 Å². The molecule has 1 rings (SSSR count). The second-order valence-corrected chi connectivity index (χ2v) is 3.65. The van der Waals surface area contributed by atoms with Crippen LogP contribution >= 0.6 is 0 Å². The van der Waals surface area contributed by atoms with Crippen LogP contribution in [-0.2, 0) is 0 Å². The van der Waals surface area contributed by atoms with Gasteiger partial charge in [-0.2, -0.15) is 0 Å². The predicted molar refractivity (Wildman–Crippen MR) is 57.2 cm³/mol. The first-order valence-corrected chi connectivity index (χ1v) is 5.13. The highest BCUT2D eigenvalue weighted by Gasteiger charge is 2.21. The SMILES string of the molecule is CCC(N)(CC)COc1ncccc1F. The van der Waals surface area contributed by atoms with Crippen LogP contribution < -0.4 is 10.5 Å². The van der Waals surface area contributed by atoms with Crippen molar-refractivity contribution < 1.29 is 9.13 Å². The summed E-state index contributed by atoms with van der Waals surface area (Å²) >= 11 is 0. The highest BCUT2D eigenvalue weighted by molar-refractivity contribution is 5.13. The van der Waals surface area contributed by atoms with Crippen molar-refractivity contribution >= 4 is 0 Å². The van der Waals surface area contributed by atoms with Gasteiger partial charge in [0.1, 0.15) is 6.61 Å². The van der Waals surface area contributed by atoms with E-state index in [1.807, 2.05) is 13.8 Å². The van der Waals surface area contributed by atoms with E-state index in [0.717, 1.165) is 12.8 Å². The van der Waals surface area contributed by atoms with Gasteiger partial charge in [0, 0.05) is 11.7 Å². The molecule has 15 heavy (non-hydrogen) atoms. The van der Waals surface area contributed by atoms with Crippen LogP contribution in [0, 0.1) is 5.82 Å². The molecule has 0 unspecified atom stereocenters. The lowest BCUT2D eigenvalue weighted by molar-refractivity contribution is 0.193. The van der Waals surface area contributed by atoms with Crippen LogP contribution in [0.5, 0.6) is 5.88 Å². The van der Waals surface area contributed by atoms with Gasteiger partial charge in [-0.15, -0.1) is 0 Å². The number of halogens is 1. The van der Waals surface area contributed by atoms with E-state index in [4.69, 9.17) is 10.5 Å². The van der Waals surface area contributed by atoms with Crippen molar-refractivity contribution in [3.05, 3.63) is 24.1 Å². The van der Waals surface area contributed by atoms with Crippen molar-refractivity contribution in [2.24, 2.45) is 5.73 Å². The lowest BCUT2D eigenvalue weighted by Gasteiger charge is -2.26. The first kappa shape index (κ1) is 11.9. The predicted octanol–water partition coefficient (Wildman–Crippen LogP) is 2.12.